The van der Waals surface area contributed by atoms with Crippen LogP contribution >= 0.6 is 0 Å². The molecule has 138 valence electrons. The molecule has 0 aliphatic carbocycles. The number of hydrogen-bond acceptors (Lipinski definition) is 4. The van der Waals surface area contributed by atoms with E-state index < -0.39 is 11.7 Å². The van der Waals surface area contributed by atoms with Gasteiger partial charge in [-0.3, -0.25) is 0 Å². The SMILES string of the molecule is Cc1cc(Nc2cccc(C(F)(F)F)c2)nc(N2CCc3ccccc32)n1. The van der Waals surface area contributed by atoms with Gasteiger partial charge in [-0.25, -0.2) is 4.98 Å². The molecule has 0 bridgehead atoms. The van der Waals surface area contributed by atoms with E-state index in [1.54, 1.807) is 12.1 Å². The van der Waals surface area contributed by atoms with Gasteiger partial charge in [0.15, 0.2) is 0 Å². The van der Waals surface area contributed by atoms with Gasteiger partial charge in [0.05, 0.1) is 5.56 Å². The maximum absolute atomic E-state index is 12.9. The van der Waals surface area contributed by atoms with Gasteiger partial charge in [-0.15, -0.1) is 0 Å². The molecule has 0 spiro atoms. The van der Waals surface area contributed by atoms with E-state index in [2.05, 4.69) is 21.4 Å². The number of benzene rings is 2. The monoisotopic (exact) mass is 370 g/mol. The predicted octanol–water partition coefficient (Wildman–Crippen LogP) is 5.24. The molecule has 0 radical (unpaired) electrons. The van der Waals surface area contributed by atoms with Crippen LogP contribution in [0.2, 0.25) is 0 Å². The van der Waals surface area contributed by atoms with Crippen LogP contribution in [-0.2, 0) is 12.6 Å². The molecule has 0 saturated carbocycles. The summed E-state index contributed by atoms with van der Waals surface area (Å²) in [6.45, 7) is 2.61. The molecule has 0 fully saturated rings. The van der Waals surface area contributed by atoms with Crippen molar-refractivity contribution in [3.8, 4) is 0 Å². The van der Waals surface area contributed by atoms with E-state index in [4.69, 9.17) is 0 Å². The average molecular weight is 370 g/mol. The van der Waals surface area contributed by atoms with E-state index in [0.717, 1.165) is 36.5 Å². The number of nitrogens with one attached hydrogen (secondary N) is 1. The molecule has 0 saturated heterocycles. The summed E-state index contributed by atoms with van der Waals surface area (Å²) < 4.78 is 38.8. The second-order valence-electron chi connectivity index (χ2n) is 6.43. The van der Waals surface area contributed by atoms with Crippen molar-refractivity contribution in [3.05, 3.63) is 71.4 Å². The minimum absolute atomic E-state index is 0.329. The topological polar surface area (TPSA) is 41.1 Å². The van der Waals surface area contributed by atoms with Gasteiger partial charge >= 0.3 is 6.18 Å². The summed E-state index contributed by atoms with van der Waals surface area (Å²) >= 11 is 0. The number of aromatic nitrogens is 2. The summed E-state index contributed by atoms with van der Waals surface area (Å²) in [5.74, 6) is 0.996. The van der Waals surface area contributed by atoms with Gasteiger partial charge in [-0.2, -0.15) is 18.2 Å². The number of rotatable bonds is 3. The highest BCUT2D eigenvalue weighted by Crippen LogP contribution is 2.34. The fourth-order valence-corrected chi connectivity index (χ4v) is 3.20. The molecule has 0 amide bonds. The summed E-state index contributed by atoms with van der Waals surface area (Å²) in [6, 6.07) is 14.8. The second kappa shape index (κ2) is 6.57. The lowest BCUT2D eigenvalue weighted by atomic mass is 10.2. The van der Waals surface area contributed by atoms with Crippen LogP contribution in [0.25, 0.3) is 0 Å². The zero-order chi connectivity index (χ0) is 19.0. The number of para-hydroxylation sites is 1. The number of nitrogens with zero attached hydrogens (tertiary/aromatic N) is 3. The third-order valence-electron chi connectivity index (χ3n) is 4.43. The molecule has 27 heavy (non-hydrogen) atoms. The van der Waals surface area contributed by atoms with Gasteiger partial charge in [0, 0.05) is 29.7 Å². The lowest BCUT2D eigenvalue weighted by Gasteiger charge is -2.19. The molecule has 3 aromatic rings. The van der Waals surface area contributed by atoms with Crippen LogP contribution in [0.15, 0.2) is 54.6 Å². The number of aryl methyl sites for hydroxylation is 1. The summed E-state index contributed by atoms with van der Waals surface area (Å²) in [4.78, 5) is 11.1. The maximum Gasteiger partial charge on any atom is 0.416 e. The molecule has 2 heterocycles. The largest absolute Gasteiger partial charge is 0.416 e. The van der Waals surface area contributed by atoms with Crippen molar-refractivity contribution in [2.75, 3.05) is 16.8 Å². The lowest BCUT2D eigenvalue weighted by molar-refractivity contribution is -0.137. The van der Waals surface area contributed by atoms with Gasteiger partial charge in [0.2, 0.25) is 5.95 Å². The van der Waals surface area contributed by atoms with E-state index in [1.165, 1.54) is 11.6 Å². The molecule has 1 aliphatic rings. The van der Waals surface area contributed by atoms with Crippen LogP contribution in [0, 0.1) is 6.92 Å². The molecule has 0 unspecified atom stereocenters. The van der Waals surface area contributed by atoms with Crippen LogP contribution in [-0.4, -0.2) is 16.5 Å². The van der Waals surface area contributed by atoms with Crippen LogP contribution < -0.4 is 10.2 Å². The normalized spacial score (nSPS) is 13.6. The molecule has 4 nitrogen and oxygen atoms in total. The fraction of sp³-hybridized carbons (Fsp3) is 0.200. The highest BCUT2D eigenvalue weighted by Gasteiger charge is 2.30. The van der Waals surface area contributed by atoms with Crippen LogP contribution in [0.4, 0.5) is 36.3 Å². The number of alkyl halides is 3. The van der Waals surface area contributed by atoms with Crippen LogP contribution in [0.3, 0.4) is 0 Å². The first-order valence-electron chi connectivity index (χ1n) is 8.55. The third kappa shape index (κ3) is 3.58. The summed E-state index contributed by atoms with van der Waals surface area (Å²) in [7, 11) is 0. The van der Waals surface area contributed by atoms with Gasteiger partial charge < -0.3 is 10.2 Å². The summed E-state index contributed by atoms with van der Waals surface area (Å²) in [5.41, 5.74) is 2.66. The van der Waals surface area contributed by atoms with Gasteiger partial charge in [-0.1, -0.05) is 24.3 Å². The Morgan fingerprint density at radius 3 is 2.63 bits per heavy atom. The molecule has 0 atom stereocenters. The van der Waals surface area contributed by atoms with Crippen molar-refractivity contribution in [2.45, 2.75) is 19.5 Å². The molecule has 1 N–H and O–H groups in total. The zero-order valence-corrected chi connectivity index (χ0v) is 14.6. The maximum atomic E-state index is 12.9. The van der Waals surface area contributed by atoms with E-state index in [1.807, 2.05) is 30.0 Å². The van der Waals surface area contributed by atoms with Crippen LogP contribution in [0.5, 0.6) is 0 Å². The van der Waals surface area contributed by atoms with Gasteiger partial charge in [0.25, 0.3) is 0 Å². The minimum atomic E-state index is -4.39. The number of fused-ring (bicyclic) bond motifs is 1. The van der Waals surface area contributed by atoms with E-state index >= 15 is 0 Å². The van der Waals surface area contributed by atoms with Gasteiger partial charge in [0.1, 0.15) is 5.82 Å². The Morgan fingerprint density at radius 2 is 1.81 bits per heavy atom. The molecule has 7 heteroatoms. The first-order chi connectivity index (χ1) is 12.9. The Bertz CT molecular complexity index is 985. The molecular weight excluding hydrogens is 353 g/mol. The van der Waals surface area contributed by atoms with Crippen molar-refractivity contribution < 1.29 is 13.2 Å². The average Bonchev–Trinajstić information content (AvgIpc) is 3.05. The molecule has 4 rings (SSSR count). The number of hydrogen-bond donors (Lipinski definition) is 1. The highest BCUT2D eigenvalue weighted by molar-refractivity contribution is 5.67. The van der Waals surface area contributed by atoms with Crippen molar-refractivity contribution >= 4 is 23.1 Å². The summed E-state index contributed by atoms with van der Waals surface area (Å²) in [6.07, 6.45) is -3.48. The Hall–Kier alpha value is -3.09. The highest BCUT2D eigenvalue weighted by atomic mass is 19.4. The molecular formula is C20H17F3N4. The Balaban J connectivity index is 1.65. The van der Waals surface area contributed by atoms with Crippen molar-refractivity contribution in [3.63, 3.8) is 0 Å². The van der Waals surface area contributed by atoms with E-state index in [-0.39, 0.29) is 0 Å². The quantitative estimate of drug-likeness (QED) is 0.684. The first kappa shape index (κ1) is 17.3. The van der Waals surface area contributed by atoms with Gasteiger partial charge in [-0.05, 0) is 43.2 Å². The van der Waals surface area contributed by atoms with Crippen LogP contribution in [0.1, 0.15) is 16.8 Å². The molecule has 2 aromatic carbocycles. The minimum Gasteiger partial charge on any atom is -0.340 e. The predicted molar refractivity (Wildman–Crippen MR) is 98.6 cm³/mol. The first-order valence-corrected chi connectivity index (χ1v) is 8.55. The Labute approximate surface area is 154 Å². The molecule has 1 aliphatic heterocycles. The Kier molecular flexibility index (Phi) is 4.22. The summed E-state index contributed by atoms with van der Waals surface area (Å²) in [5, 5.41) is 2.97. The number of anilines is 4. The third-order valence-corrected chi connectivity index (χ3v) is 4.43. The smallest absolute Gasteiger partial charge is 0.340 e. The van der Waals surface area contributed by atoms with Crippen molar-refractivity contribution in [1.29, 1.82) is 0 Å². The zero-order valence-electron chi connectivity index (χ0n) is 14.6. The lowest BCUT2D eigenvalue weighted by Crippen LogP contribution is -2.17. The fourth-order valence-electron chi connectivity index (χ4n) is 3.20. The number of halogens is 3. The Morgan fingerprint density at radius 1 is 1.00 bits per heavy atom. The van der Waals surface area contributed by atoms with Crippen molar-refractivity contribution in [1.82, 2.24) is 9.97 Å². The van der Waals surface area contributed by atoms with Crippen molar-refractivity contribution in [2.24, 2.45) is 0 Å². The van der Waals surface area contributed by atoms with E-state index in [0.29, 0.717) is 17.5 Å². The standard InChI is InChI=1S/C20H17F3N4/c1-13-11-18(25-16-7-4-6-15(12-16)20(21,22)23)26-19(24-13)27-10-9-14-5-2-3-8-17(14)27/h2-8,11-12H,9-10H2,1H3,(H,24,25,26). The second-order valence-corrected chi connectivity index (χ2v) is 6.43. The molecule has 1 aromatic heterocycles. The van der Waals surface area contributed by atoms with E-state index in [9.17, 15) is 13.2 Å².